The van der Waals surface area contributed by atoms with E-state index in [0.29, 0.717) is 18.1 Å². The number of hydrogen-bond acceptors (Lipinski definition) is 2. The summed E-state index contributed by atoms with van der Waals surface area (Å²) in [5.41, 5.74) is 0.758. The van der Waals surface area contributed by atoms with Gasteiger partial charge < -0.3 is 5.32 Å². The summed E-state index contributed by atoms with van der Waals surface area (Å²) in [6, 6.07) is 6.12. The van der Waals surface area contributed by atoms with E-state index in [9.17, 15) is 4.39 Å². The molecule has 15 heavy (non-hydrogen) atoms. The van der Waals surface area contributed by atoms with Gasteiger partial charge in [0.15, 0.2) is 0 Å². The Morgan fingerprint density at radius 1 is 1.47 bits per heavy atom. The first-order chi connectivity index (χ1) is 7.27. The summed E-state index contributed by atoms with van der Waals surface area (Å²) in [5.74, 6) is -0.0338. The van der Waals surface area contributed by atoms with Crippen LogP contribution in [-0.2, 0) is 0 Å². The molecule has 4 heteroatoms. The molecule has 0 bridgehead atoms. The third-order valence-corrected chi connectivity index (χ3v) is 1.94. The van der Waals surface area contributed by atoms with Crippen molar-refractivity contribution in [3.63, 3.8) is 0 Å². The highest BCUT2D eigenvalue weighted by Crippen LogP contribution is 2.13. The maximum absolute atomic E-state index is 12.9. The van der Waals surface area contributed by atoms with Gasteiger partial charge >= 0.3 is 0 Å². The normalized spacial score (nSPS) is 10.2. The minimum absolute atomic E-state index is 0.0429. The molecule has 0 spiro atoms. The zero-order valence-corrected chi connectivity index (χ0v) is 8.76. The summed E-state index contributed by atoms with van der Waals surface area (Å²) in [4.78, 5) is 0. The van der Waals surface area contributed by atoms with Crippen LogP contribution in [0.25, 0.3) is 0 Å². The molecule has 1 aromatic carbocycles. The van der Waals surface area contributed by atoms with Crippen LogP contribution in [0, 0.1) is 17.1 Å². The van der Waals surface area contributed by atoms with Gasteiger partial charge in [-0.15, -0.1) is 11.6 Å². The number of anilines is 1. The van der Waals surface area contributed by atoms with Crippen molar-refractivity contribution in [3.8, 4) is 6.07 Å². The SMILES string of the molecule is N#Cc1cc(NC/C=C/CCl)ccc1F. The molecule has 0 saturated carbocycles. The first kappa shape index (κ1) is 11.5. The molecule has 0 heterocycles. The Kier molecular flexibility index (Phi) is 4.65. The number of rotatable bonds is 4. The fraction of sp³-hybridized carbons (Fsp3) is 0.182. The maximum atomic E-state index is 12.9. The fourth-order valence-corrected chi connectivity index (χ4v) is 1.17. The van der Waals surface area contributed by atoms with E-state index < -0.39 is 5.82 Å². The molecule has 2 nitrogen and oxygen atoms in total. The second kappa shape index (κ2) is 6.05. The van der Waals surface area contributed by atoms with E-state index in [1.54, 1.807) is 12.1 Å². The molecule has 0 aromatic heterocycles. The van der Waals surface area contributed by atoms with Crippen LogP contribution >= 0.6 is 11.6 Å². The van der Waals surface area contributed by atoms with Crippen molar-refractivity contribution < 1.29 is 4.39 Å². The highest BCUT2D eigenvalue weighted by Gasteiger charge is 2.01. The Hall–Kier alpha value is -1.53. The van der Waals surface area contributed by atoms with E-state index >= 15 is 0 Å². The van der Waals surface area contributed by atoms with Crippen LogP contribution in [-0.4, -0.2) is 12.4 Å². The third kappa shape index (κ3) is 3.61. The van der Waals surface area contributed by atoms with E-state index in [4.69, 9.17) is 16.9 Å². The van der Waals surface area contributed by atoms with E-state index in [2.05, 4.69) is 5.32 Å². The van der Waals surface area contributed by atoms with E-state index in [1.165, 1.54) is 12.1 Å². The summed E-state index contributed by atoms with van der Waals surface area (Å²) in [7, 11) is 0. The van der Waals surface area contributed by atoms with E-state index in [1.807, 2.05) is 12.2 Å². The summed E-state index contributed by atoms with van der Waals surface area (Å²) in [6.45, 7) is 0.600. The summed E-state index contributed by atoms with van der Waals surface area (Å²) >= 11 is 5.44. The minimum atomic E-state index is -0.501. The van der Waals surface area contributed by atoms with Gasteiger partial charge in [0.25, 0.3) is 0 Å². The molecule has 0 aliphatic rings. The van der Waals surface area contributed by atoms with Crippen LogP contribution in [0.15, 0.2) is 30.4 Å². The molecule has 0 saturated heterocycles. The fourth-order valence-electron chi connectivity index (χ4n) is 1.04. The molecule has 78 valence electrons. The van der Waals surface area contributed by atoms with E-state index in [-0.39, 0.29) is 5.56 Å². The minimum Gasteiger partial charge on any atom is -0.382 e. The van der Waals surface area contributed by atoms with Crippen molar-refractivity contribution in [1.82, 2.24) is 0 Å². The summed E-state index contributed by atoms with van der Waals surface area (Å²) in [6.07, 6.45) is 3.67. The Bertz CT molecular complexity index is 396. The molecule has 0 radical (unpaired) electrons. The van der Waals surface area contributed by atoms with Gasteiger partial charge in [-0.3, -0.25) is 0 Å². The van der Waals surface area contributed by atoms with Crippen LogP contribution in [0.1, 0.15) is 5.56 Å². The number of nitriles is 1. The standard InChI is InChI=1S/C11H10ClFN2/c12-5-1-2-6-15-10-3-4-11(13)9(7-10)8-14/h1-4,7,15H,5-6H2/b2-1+. The Morgan fingerprint density at radius 3 is 2.93 bits per heavy atom. The average molecular weight is 225 g/mol. The highest BCUT2D eigenvalue weighted by molar-refractivity contribution is 6.18. The smallest absolute Gasteiger partial charge is 0.141 e. The van der Waals surface area contributed by atoms with Crippen LogP contribution in [0.5, 0.6) is 0 Å². The van der Waals surface area contributed by atoms with Crippen molar-refractivity contribution in [2.45, 2.75) is 0 Å². The zero-order valence-electron chi connectivity index (χ0n) is 8.00. The Morgan fingerprint density at radius 2 is 2.27 bits per heavy atom. The molecular weight excluding hydrogens is 215 g/mol. The highest BCUT2D eigenvalue weighted by atomic mass is 35.5. The molecule has 0 atom stereocenters. The van der Waals surface area contributed by atoms with Crippen LogP contribution in [0.4, 0.5) is 10.1 Å². The third-order valence-electron chi connectivity index (χ3n) is 1.77. The van der Waals surface area contributed by atoms with Gasteiger partial charge in [0.05, 0.1) is 5.56 Å². The maximum Gasteiger partial charge on any atom is 0.141 e. The summed E-state index contributed by atoms with van der Waals surface area (Å²) < 4.78 is 12.9. The van der Waals surface area contributed by atoms with Crippen LogP contribution < -0.4 is 5.32 Å². The zero-order chi connectivity index (χ0) is 11.1. The molecule has 0 aliphatic heterocycles. The molecule has 0 aliphatic carbocycles. The number of hydrogen-bond donors (Lipinski definition) is 1. The topological polar surface area (TPSA) is 35.8 Å². The van der Waals surface area contributed by atoms with Gasteiger partial charge in [0.1, 0.15) is 11.9 Å². The van der Waals surface area contributed by atoms with Gasteiger partial charge in [-0.1, -0.05) is 12.2 Å². The summed E-state index contributed by atoms with van der Waals surface area (Å²) in [5, 5.41) is 11.6. The Labute approximate surface area is 93.0 Å². The van der Waals surface area contributed by atoms with E-state index in [0.717, 1.165) is 0 Å². The molecule has 1 rings (SSSR count). The van der Waals surface area contributed by atoms with Gasteiger partial charge in [-0.2, -0.15) is 5.26 Å². The number of nitrogens with zero attached hydrogens (tertiary/aromatic N) is 1. The first-order valence-corrected chi connectivity index (χ1v) is 4.96. The first-order valence-electron chi connectivity index (χ1n) is 4.42. The quantitative estimate of drug-likeness (QED) is 0.631. The predicted octanol–water partition coefficient (Wildman–Crippen LogP) is 2.90. The van der Waals surface area contributed by atoms with Gasteiger partial charge in [0.2, 0.25) is 0 Å². The second-order valence-corrected chi connectivity index (χ2v) is 3.12. The second-order valence-electron chi connectivity index (χ2n) is 2.81. The van der Waals surface area contributed by atoms with Crippen molar-refractivity contribution in [2.75, 3.05) is 17.7 Å². The molecule has 0 unspecified atom stereocenters. The van der Waals surface area contributed by atoms with Crippen molar-refractivity contribution in [3.05, 3.63) is 41.7 Å². The number of nitrogens with one attached hydrogen (secondary N) is 1. The van der Waals surface area contributed by atoms with Gasteiger partial charge in [0, 0.05) is 18.1 Å². The van der Waals surface area contributed by atoms with Crippen LogP contribution in [0.3, 0.4) is 0 Å². The molecule has 0 fully saturated rings. The molecule has 1 N–H and O–H groups in total. The molecule has 0 amide bonds. The lowest BCUT2D eigenvalue weighted by molar-refractivity contribution is 0.624. The molecular formula is C11H10ClFN2. The lowest BCUT2D eigenvalue weighted by Gasteiger charge is -2.03. The van der Waals surface area contributed by atoms with Crippen molar-refractivity contribution in [2.24, 2.45) is 0 Å². The average Bonchev–Trinajstić information content (AvgIpc) is 2.26. The number of benzene rings is 1. The van der Waals surface area contributed by atoms with Crippen molar-refractivity contribution >= 4 is 17.3 Å². The van der Waals surface area contributed by atoms with Gasteiger partial charge in [-0.05, 0) is 18.2 Å². The number of halogens is 2. The lowest BCUT2D eigenvalue weighted by atomic mass is 10.2. The van der Waals surface area contributed by atoms with Crippen LogP contribution in [0.2, 0.25) is 0 Å². The largest absolute Gasteiger partial charge is 0.382 e. The number of allylic oxidation sites excluding steroid dienone is 1. The predicted molar refractivity (Wildman–Crippen MR) is 59.5 cm³/mol. The molecule has 1 aromatic rings. The monoisotopic (exact) mass is 224 g/mol. The number of alkyl halides is 1. The lowest BCUT2D eigenvalue weighted by Crippen LogP contribution is -1.99. The van der Waals surface area contributed by atoms with Crippen molar-refractivity contribution in [1.29, 1.82) is 5.26 Å². The Balaban J connectivity index is 2.63. The van der Waals surface area contributed by atoms with Gasteiger partial charge in [-0.25, -0.2) is 4.39 Å².